The molecule has 2 aromatic rings. The predicted octanol–water partition coefficient (Wildman–Crippen LogP) is 5.02. The van der Waals surface area contributed by atoms with Crippen LogP contribution >= 0.6 is 11.6 Å². The van der Waals surface area contributed by atoms with Gasteiger partial charge in [-0.25, -0.2) is 4.98 Å². The highest BCUT2D eigenvalue weighted by atomic mass is 35.5. The number of amides is 1. The molecule has 1 aromatic carbocycles. The standard InChI is InChI=1S/C21H23ClN2O3/c1-5-17(24-15(4)25)8-6-16-7-11-21(23-13-16)27-20-10-9-18(12-19(20)22)26-14(2)3/h5-14,17H,1H2,2-4H3,(H,24,25)/b8-6+/t17-/m0/s1. The Morgan fingerprint density at radius 1 is 1.30 bits per heavy atom. The highest BCUT2D eigenvalue weighted by Gasteiger charge is 2.07. The monoisotopic (exact) mass is 386 g/mol. The topological polar surface area (TPSA) is 60.5 Å². The van der Waals surface area contributed by atoms with Crippen LogP contribution < -0.4 is 14.8 Å². The molecule has 0 spiro atoms. The number of carbonyl (C=O) groups is 1. The minimum absolute atomic E-state index is 0.0708. The smallest absolute Gasteiger partial charge is 0.219 e. The number of benzene rings is 1. The van der Waals surface area contributed by atoms with Crippen LogP contribution in [0.2, 0.25) is 5.02 Å². The normalized spacial score (nSPS) is 12.0. The minimum atomic E-state index is -0.233. The van der Waals surface area contributed by atoms with E-state index >= 15 is 0 Å². The third-order valence-corrected chi connectivity index (χ3v) is 3.66. The molecular formula is C21H23ClN2O3. The van der Waals surface area contributed by atoms with Crippen LogP contribution in [0.25, 0.3) is 6.08 Å². The van der Waals surface area contributed by atoms with Gasteiger partial charge >= 0.3 is 0 Å². The van der Waals surface area contributed by atoms with Crippen molar-refractivity contribution in [2.24, 2.45) is 0 Å². The summed E-state index contributed by atoms with van der Waals surface area (Å²) < 4.78 is 11.3. The largest absolute Gasteiger partial charge is 0.491 e. The lowest BCUT2D eigenvalue weighted by Crippen LogP contribution is -2.29. The molecule has 5 nitrogen and oxygen atoms in total. The highest BCUT2D eigenvalue weighted by molar-refractivity contribution is 6.32. The summed E-state index contributed by atoms with van der Waals surface area (Å²) >= 11 is 6.25. The Labute approximate surface area is 164 Å². The fourth-order valence-corrected chi connectivity index (χ4v) is 2.42. The molecule has 1 amide bonds. The molecule has 0 saturated heterocycles. The number of hydrogen-bond acceptors (Lipinski definition) is 4. The van der Waals surface area contributed by atoms with Gasteiger partial charge in [-0.2, -0.15) is 0 Å². The maximum Gasteiger partial charge on any atom is 0.219 e. The van der Waals surface area contributed by atoms with E-state index in [9.17, 15) is 4.79 Å². The van der Waals surface area contributed by atoms with Crippen molar-refractivity contribution in [3.8, 4) is 17.4 Å². The van der Waals surface area contributed by atoms with Crippen LogP contribution in [-0.4, -0.2) is 23.0 Å². The molecule has 0 aliphatic heterocycles. The summed E-state index contributed by atoms with van der Waals surface area (Å²) in [5.74, 6) is 1.49. The molecule has 0 unspecified atom stereocenters. The number of nitrogens with one attached hydrogen (secondary N) is 1. The van der Waals surface area contributed by atoms with Crippen molar-refractivity contribution in [2.45, 2.75) is 32.9 Å². The summed E-state index contributed by atoms with van der Waals surface area (Å²) in [4.78, 5) is 15.4. The first-order chi connectivity index (χ1) is 12.9. The molecule has 2 rings (SSSR count). The molecule has 0 fully saturated rings. The van der Waals surface area contributed by atoms with Crippen molar-refractivity contribution >= 4 is 23.6 Å². The predicted molar refractivity (Wildman–Crippen MR) is 108 cm³/mol. The Balaban J connectivity index is 2.03. The van der Waals surface area contributed by atoms with Gasteiger partial charge in [0.1, 0.15) is 11.5 Å². The van der Waals surface area contributed by atoms with E-state index in [-0.39, 0.29) is 18.1 Å². The molecular weight excluding hydrogens is 364 g/mol. The first-order valence-electron chi connectivity index (χ1n) is 8.55. The van der Waals surface area contributed by atoms with Gasteiger partial charge in [0.15, 0.2) is 0 Å². The highest BCUT2D eigenvalue weighted by Crippen LogP contribution is 2.32. The van der Waals surface area contributed by atoms with Gasteiger partial charge in [0.25, 0.3) is 0 Å². The van der Waals surface area contributed by atoms with E-state index in [4.69, 9.17) is 21.1 Å². The van der Waals surface area contributed by atoms with Crippen molar-refractivity contribution in [2.75, 3.05) is 0 Å². The molecule has 1 N–H and O–H groups in total. The van der Waals surface area contributed by atoms with Crippen molar-refractivity contribution < 1.29 is 14.3 Å². The molecule has 0 saturated carbocycles. The first kappa shape index (κ1) is 20.5. The molecule has 1 atom stereocenters. The Bertz CT molecular complexity index is 817. The summed E-state index contributed by atoms with van der Waals surface area (Å²) in [5, 5.41) is 3.20. The summed E-state index contributed by atoms with van der Waals surface area (Å²) in [6.45, 7) is 9.06. The van der Waals surface area contributed by atoms with Crippen LogP contribution in [0, 0.1) is 0 Å². The third-order valence-electron chi connectivity index (χ3n) is 3.37. The maximum atomic E-state index is 11.1. The van der Waals surface area contributed by atoms with Crippen LogP contribution in [0.4, 0.5) is 0 Å². The molecule has 27 heavy (non-hydrogen) atoms. The van der Waals surface area contributed by atoms with Crippen LogP contribution in [-0.2, 0) is 4.79 Å². The zero-order chi connectivity index (χ0) is 19.8. The lowest BCUT2D eigenvalue weighted by atomic mass is 10.2. The average Bonchev–Trinajstić information content (AvgIpc) is 2.61. The van der Waals surface area contributed by atoms with Crippen LogP contribution in [0.5, 0.6) is 17.4 Å². The van der Waals surface area contributed by atoms with Crippen molar-refractivity contribution in [1.82, 2.24) is 10.3 Å². The Morgan fingerprint density at radius 3 is 2.63 bits per heavy atom. The molecule has 142 valence electrons. The van der Waals surface area contributed by atoms with Gasteiger partial charge in [-0.1, -0.05) is 29.8 Å². The lowest BCUT2D eigenvalue weighted by molar-refractivity contribution is -0.119. The van der Waals surface area contributed by atoms with Gasteiger partial charge in [0.05, 0.1) is 17.2 Å². The van der Waals surface area contributed by atoms with Gasteiger partial charge < -0.3 is 14.8 Å². The maximum absolute atomic E-state index is 11.1. The van der Waals surface area contributed by atoms with E-state index in [0.717, 1.165) is 5.56 Å². The van der Waals surface area contributed by atoms with Gasteiger partial charge in [-0.3, -0.25) is 4.79 Å². The molecule has 0 aliphatic carbocycles. The van der Waals surface area contributed by atoms with E-state index in [0.29, 0.717) is 22.4 Å². The molecule has 1 aromatic heterocycles. The van der Waals surface area contributed by atoms with Crippen LogP contribution in [0.1, 0.15) is 26.3 Å². The number of carbonyl (C=O) groups excluding carboxylic acids is 1. The van der Waals surface area contributed by atoms with Gasteiger partial charge in [0.2, 0.25) is 11.8 Å². The number of ether oxygens (including phenoxy) is 2. The molecule has 1 heterocycles. The zero-order valence-corrected chi connectivity index (χ0v) is 16.4. The van der Waals surface area contributed by atoms with Gasteiger partial charge in [0, 0.05) is 25.3 Å². The fraction of sp³-hybridized carbons (Fsp3) is 0.238. The third kappa shape index (κ3) is 6.79. The number of hydrogen-bond donors (Lipinski definition) is 1. The van der Waals surface area contributed by atoms with E-state index in [2.05, 4.69) is 16.9 Å². The summed E-state index contributed by atoms with van der Waals surface area (Å²) in [6.07, 6.45) is 7.07. The fourth-order valence-electron chi connectivity index (χ4n) is 2.21. The zero-order valence-electron chi connectivity index (χ0n) is 15.6. The molecule has 0 aliphatic rings. The quantitative estimate of drug-likeness (QED) is 0.647. The second-order valence-electron chi connectivity index (χ2n) is 6.11. The van der Waals surface area contributed by atoms with Crippen molar-refractivity contribution in [3.63, 3.8) is 0 Å². The minimum Gasteiger partial charge on any atom is -0.491 e. The second-order valence-corrected chi connectivity index (χ2v) is 6.52. The number of nitrogens with zero attached hydrogens (tertiary/aromatic N) is 1. The average molecular weight is 387 g/mol. The SMILES string of the molecule is C=C[C@@H](/C=C/c1ccc(Oc2ccc(OC(C)C)cc2Cl)nc1)NC(C)=O. The van der Waals surface area contributed by atoms with E-state index in [1.807, 2.05) is 32.1 Å². The second kappa shape index (κ2) is 9.78. The van der Waals surface area contributed by atoms with Crippen LogP contribution in [0.15, 0.2) is 55.3 Å². The lowest BCUT2D eigenvalue weighted by Gasteiger charge is -2.12. The number of pyridine rings is 1. The van der Waals surface area contributed by atoms with Crippen LogP contribution in [0.3, 0.4) is 0 Å². The Morgan fingerprint density at radius 2 is 2.07 bits per heavy atom. The van der Waals surface area contributed by atoms with E-state index in [1.54, 1.807) is 36.5 Å². The first-order valence-corrected chi connectivity index (χ1v) is 8.93. The molecule has 0 radical (unpaired) electrons. The summed E-state index contributed by atoms with van der Waals surface area (Å²) in [7, 11) is 0. The van der Waals surface area contributed by atoms with E-state index < -0.39 is 0 Å². The Hall–Kier alpha value is -2.79. The summed E-state index contributed by atoms with van der Waals surface area (Å²) in [5.41, 5.74) is 0.867. The van der Waals surface area contributed by atoms with Gasteiger partial charge in [-0.15, -0.1) is 6.58 Å². The number of halogens is 1. The van der Waals surface area contributed by atoms with Gasteiger partial charge in [-0.05, 0) is 37.6 Å². The molecule has 6 heteroatoms. The van der Waals surface area contributed by atoms with E-state index in [1.165, 1.54) is 6.92 Å². The van der Waals surface area contributed by atoms with Crippen molar-refractivity contribution in [1.29, 1.82) is 0 Å². The number of rotatable bonds is 8. The summed E-state index contributed by atoms with van der Waals surface area (Å²) in [6, 6.07) is 8.63. The molecule has 0 bridgehead atoms. The number of aromatic nitrogens is 1. The Kier molecular flexibility index (Phi) is 7.44. The van der Waals surface area contributed by atoms with Crippen molar-refractivity contribution in [3.05, 3.63) is 65.8 Å².